The highest BCUT2D eigenvalue weighted by molar-refractivity contribution is 5.78. The Hall–Kier alpha value is -1.06. The molecule has 0 aliphatic rings. The molecule has 0 aromatic heterocycles. The number of ether oxygens (including phenoxy) is 1. The fourth-order valence-electron chi connectivity index (χ4n) is 5.64. The zero-order chi connectivity index (χ0) is 26.4. The SMILES string of the molecule is CCCCCCCCCCCOC(=O)C(CCCC(=O)O)(C(C)CCCCC)C(C)CCCCC. The normalized spacial score (nSPS) is 14.9. The second-order valence-electron chi connectivity index (χ2n) is 11.0. The third-order valence-electron chi connectivity index (χ3n) is 8.08. The van der Waals surface area contributed by atoms with Crippen molar-refractivity contribution in [1.29, 1.82) is 0 Å². The van der Waals surface area contributed by atoms with E-state index in [1.165, 1.54) is 57.8 Å². The van der Waals surface area contributed by atoms with Crippen LogP contribution in [0.1, 0.15) is 163 Å². The average molecular weight is 497 g/mol. The number of aliphatic carboxylic acids is 1. The van der Waals surface area contributed by atoms with Gasteiger partial charge in [-0.25, -0.2) is 0 Å². The molecule has 0 aliphatic carbocycles. The highest BCUT2D eigenvalue weighted by Crippen LogP contribution is 2.46. The van der Waals surface area contributed by atoms with Crippen molar-refractivity contribution in [1.82, 2.24) is 0 Å². The molecule has 4 heteroatoms. The lowest BCUT2D eigenvalue weighted by Gasteiger charge is -2.42. The van der Waals surface area contributed by atoms with Crippen molar-refractivity contribution in [3.05, 3.63) is 0 Å². The van der Waals surface area contributed by atoms with Crippen LogP contribution in [-0.4, -0.2) is 23.7 Å². The number of carbonyl (C=O) groups excluding carboxylic acids is 1. The predicted octanol–water partition coefficient (Wildman–Crippen LogP) is 9.73. The number of carboxylic acid groups (broad SMARTS) is 1. The summed E-state index contributed by atoms with van der Waals surface area (Å²) in [4.78, 5) is 25.0. The summed E-state index contributed by atoms with van der Waals surface area (Å²) >= 11 is 0. The number of carboxylic acids is 1. The molecule has 0 bridgehead atoms. The second-order valence-corrected chi connectivity index (χ2v) is 11.0. The van der Waals surface area contributed by atoms with E-state index < -0.39 is 11.4 Å². The van der Waals surface area contributed by atoms with Gasteiger partial charge in [0.15, 0.2) is 0 Å². The van der Waals surface area contributed by atoms with Gasteiger partial charge in [-0.3, -0.25) is 9.59 Å². The largest absolute Gasteiger partial charge is 0.481 e. The summed E-state index contributed by atoms with van der Waals surface area (Å²) in [6, 6.07) is 0. The van der Waals surface area contributed by atoms with Crippen molar-refractivity contribution in [2.24, 2.45) is 17.3 Å². The molecule has 0 rings (SSSR count). The molecule has 0 saturated carbocycles. The third kappa shape index (κ3) is 14.9. The van der Waals surface area contributed by atoms with Crippen molar-refractivity contribution in [3.8, 4) is 0 Å². The molecule has 0 aromatic rings. The van der Waals surface area contributed by atoms with Gasteiger partial charge in [-0.15, -0.1) is 0 Å². The molecule has 0 heterocycles. The number of esters is 1. The van der Waals surface area contributed by atoms with E-state index in [2.05, 4.69) is 34.6 Å². The Balaban J connectivity index is 5.11. The standard InChI is InChI=1S/C31H60O4/c1-6-9-12-13-14-15-16-17-20-26-35-30(34)31(25-21-24-29(32)33,27(4)22-18-10-7-2)28(5)23-19-11-8-3/h27-28H,6-26H2,1-5H3,(H,32,33). The van der Waals surface area contributed by atoms with Gasteiger partial charge in [-0.2, -0.15) is 0 Å². The molecule has 2 atom stereocenters. The van der Waals surface area contributed by atoms with Gasteiger partial charge in [-0.1, -0.05) is 125 Å². The molecule has 0 amide bonds. The fraction of sp³-hybridized carbons (Fsp3) is 0.935. The van der Waals surface area contributed by atoms with E-state index in [1.54, 1.807) is 0 Å². The molecule has 1 N–H and O–H groups in total. The Labute approximate surface area is 218 Å². The molecule has 0 aromatic carbocycles. The average Bonchev–Trinajstić information content (AvgIpc) is 2.82. The maximum Gasteiger partial charge on any atom is 0.312 e. The maximum absolute atomic E-state index is 13.8. The fourth-order valence-corrected chi connectivity index (χ4v) is 5.64. The first-order valence-corrected chi connectivity index (χ1v) is 15.3. The second kappa shape index (κ2) is 22.2. The van der Waals surface area contributed by atoms with Gasteiger partial charge in [0.1, 0.15) is 0 Å². The van der Waals surface area contributed by atoms with Crippen molar-refractivity contribution >= 4 is 11.9 Å². The highest BCUT2D eigenvalue weighted by Gasteiger charge is 2.48. The molecule has 35 heavy (non-hydrogen) atoms. The van der Waals surface area contributed by atoms with Crippen LogP contribution in [0, 0.1) is 17.3 Å². The van der Waals surface area contributed by atoms with Crippen LogP contribution in [0.4, 0.5) is 0 Å². The van der Waals surface area contributed by atoms with E-state index in [-0.39, 0.29) is 24.2 Å². The van der Waals surface area contributed by atoms with Gasteiger partial charge >= 0.3 is 11.9 Å². The van der Waals surface area contributed by atoms with E-state index in [0.29, 0.717) is 19.4 Å². The smallest absolute Gasteiger partial charge is 0.312 e. The summed E-state index contributed by atoms with van der Waals surface area (Å²) in [5.41, 5.74) is -0.573. The molecular weight excluding hydrogens is 436 g/mol. The molecule has 4 nitrogen and oxygen atoms in total. The summed E-state index contributed by atoms with van der Waals surface area (Å²) in [5, 5.41) is 9.26. The first-order valence-electron chi connectivity index (χ1n) is 15.3. The van der Waals surface area contributed by atoms with Gasteiger partial charge < -0.3 is 9.84 Å². The van der Waals surface area contributed by atoms with Crippen molar-refractivity contribution in [3.63, 3.8) is 0 Å². The molecule has 208 valence electrons. The lowest BCUT2D eigenvalue weighted by atomic mass is 9.62. The number of carbonyl (C=O) groups is 2. The number of rotatable bonds is 25. The van der Waals surface area contributed by atoms with E-state index in [0.717, 1.165) is 51.4 Å². The van der Waals surface area contributed by atoms with E-state index in [4.69, 9.17) is 4.74 Å². The van der Waals surface area contributed by atoms with Gasteiger partial charge in [0.2, 0.25) is 0 Å². The van der Waals surface area contributed by atoms with Crippen LogP contribution in [0.5, 0.6) is 0 Å². The predicted molar refractivity (Wildman–Crippen MR) is 149 cm³/mol. The Bertz CT molecular complexity index is 500. The summed E-state index contributed by atoms with van der Waals surface area (Å²) in [6.45, 7) is 11.6. The number of unbranched alkanes of at least 4 members (excludes halogenated alkanes) is 12. The molecule has 0 aliphatic heterocycles. The van der Waals surface area contributed by atoms with Gasteiger partial charge in [0.25, 0.3) is 0 Å². The topological polar surface area (TPSA) is 63.6 Å². The van der Waals surface area contributed by atoms with Crippen LogP contribution >= 0.6 is 0 Å². The Kier molecular flexibility index (Phi) is 21.5. The summed E-state index contributed by atoms with van der Waals surface area (Å²) < 4.78 is 5.99. The van der Waals surface area contributed by atoms with Gasteiger partial charge in [0.05, 0.1) is 12.0 Å². The van der Waals surface area contributed by atoms with Crippen LogP contribution in [0.15, 0.2) is 0 Å². The monoisotopic (exact) mass is 496 g/mol. The number of hydrogen-bond acceptors (Lipinski definition) is 3. The third-order valence-corrected chi connectivity index (χ3v) is 8.08. The first-order chi connectivity index (χ1) is 16.9. The van der Waals surface area contributed by atoms with Crippen molar-refractivity contribution in [2.45, 2.75) is 163 Å². The minimum atomic E-state index is -0.778. The molecule has 0 spiro atoms. The van der Waals surface area contributed by atoms with Crippen LogP contribution in [0.25, 0.3) is 0 Å². The highest BCUT2D eigenvalue weighted by atomic mass is 16.5. The Morgan fingerprint density at radius 1 is 0.657 bits per heavy atom. The van der Waals surface area contributed by atoms with Crippen LogP contribution in [-0.2, 0) is 14.3 Å². The van der Waals surface area contributed by atoms with E-state index in [1.807, 2.05) is 0 Å². The molecule has 0 saturated heterocycles. The van der Waals surface area contributed by atoms with Crippen molar-refractivity contribution < 1.29 is 19.4 Å². The zero-order valence-corrected chi connectivity index (χ0v) is 24.2. The summed E-state index contributed by atoms with van der Waals surface area (Å²) in [6.07, 6.45) is 21.4. The van der Waals surface area contributed by atoms with E-state index >= 15 is 0 Å². The lowest BCUT2D eigenvalue weighted by molar-refractivity contribution is -0.166. The van der Waals surface area contributed by atoms with Crippen LogP contribution in [0.2, 0.25) is 0 Å². The van der Waals surface area contributed by atoms with Crippen LogP contribution in [0.3, 0.4) is 0 Å². The summed E-state index contributed by atoms with van der Waals surface area (Å²) in [5.74, 6) is -0.431. The Morgan fingerprint density at radius 2 is 1.09 bits per heavy atom. The number of hydrogen-bond donors (Lipinski definition) is 1. The molecule has 2 unspecified atom stereocenters. The quantitative estimate of drug-likeness (QED) is 0.101. The zero-order valence-electron chi connectivity index (χ0n) is 24.2. The minimum absolute atomic E-state index is 0.0598. The van der Waals surface area contributed by atoms with Gasteiger partial charge in [-0.05, 0) is 43.9 Å². The maximum atomic E-state index is 13.8. The lowest BCUT2D eigenvalue weighted by Crippen LogP contribution is -2.45. The molecular formula is C31H60O4. The van der Waals surface area contributed by atoms with Crippen molar-refractivity contribution in [2.75, 3.05) is 6.61 Å². The van der Waals surface area contributed by atoms with Crippen LogP contribution < -0.4 is 0 Å². The molecule has 0 radical (unpaired) electrons. The minimum Gasteiger partial charge on any atom is -0.481 e. The van der Waals surface area contributed by atoms with E-state index in [9.17, 15) is 14.7 Å². The van der Waals surface area contributed by atoms with Gasteiger partial charge in [0, 0.05) is 6.42 Å². The first kappa shape index (κ1) is 33.9. The molecule has 0 fully saturated rings. The summed E-state index contributed by atoms with van der Waals surface area (Å²) in [7, 11) is 0. The Morgan fingerprint density at radius 3 is 1.54 bits per heavy atom.